The topological polar surface area (TPSA) is 44.8 Å². The first-order chi connectivity index (χ1) is 10.00. The van der Waals surface area contributed by atoms with E-state index in [1.54, 1.807) is 7.11 Å². The van der Waals surface area contributed by atoms with Gasteiger partial charge in [0.2, 0.25) is 8.32 Å². The molecule has 0 fully saturated rings. The molecule has 0 aliphatic rings. The van der Waals surface area contributed by atoms with Crippen molar-refractivity contribution in [3.05, 3.63) is 23.8 Å². The smallest absolute Gasteiger partial charge is 0.242 e. The van der Waals surface area contributed by atoms with Crippen molar-refractivity contribution in [1.29, 1.82) is 0 Å². The normalized spacial score (nSPS) is 12.1. The van der Waals surface area contributed by atoms with Crippen LogP contribution in [0, 0.1) is 0 Å². The molecule has 0 aliphatic heterocycles. The number of methoxy groups -OCH3 is 1. The van der Waals surface area contributed by atoms with Gasteiger partial charge in [-0.05, 0) is 57.0 Å². The van der Waals surface area contributed by atoms with Crippen molar-refractivity contribution < 1.29 is 18.4 Å². The highest BCUT2D eigenvalue weighted by atomic mass is 28.4. The van der Waals surface area contributed by atoms with E-state index in [4.69, 9.17) is 13.6 Å². The van der Waals surface area contributed by atoms with Crippen LogP contribution in [0.25, 0.3) is 0 Å². The first-order valence-electron chi connectivity index (χ1n) is 7.52. The molecule has 0 unspecified atom stereocenters. The van der Waals surface area contributed by atoms with E-state index in [2.05, 4.69) is 39.3 Å². The van der Waals surface area contributed by atoms with Gasteiger partial charge in [-0.3, -0.25) is 4.79 Å². The Morgan fingerprint density at radius 3 is 2.14 bits per heavy atom. The maximum atomic E-state index is 12.0. The Morgan fingerprint density at radius 2 is 1.64 bits per heavy atom. The minimum absolute atomic E-state index is 0.0864. The van der Waals surface area contributed by atoms with E-state index in [-0.39, 0.29) is 12.4 Å². The van der Waals surface area contributed by atoms with Crippen molar-refractivity contribution in [1.82, 2.24) is 0 Å². The van der Waals surface area contributed by atoms with Gasteiger partial charge in [0.25, 0.3) is 0 Å². The number of carbonyl (C=O) groups is 1. The highest BCUT2D eigenvalue weighted by Crippen LogP contribution is 2.30. The Hall–Kier alpha value is -1.12. The van der Waals surface area contributed by atoms with Crippen LogP contribution in [0.2, 0.25) is 39.3 Å². The highest BCUT2D eigenvalue weighted by Gasteiger charge is 2.20. The molecule has 6 heteroatoms. The maximum Gasteiger partial charge on any atom is 0.242 e. The number of Topliss-reactive ketones (excluding diaryl/α,β-unsaturated/α-hetero) is 1. The molecule has 1 aromatic rings. The number of rotatable bonds is 8. The third kappa shape index (κ3) is 7.24. The summed E-state index contributed by atoms with van der Waals surface area (Å²) in [5.41, 5.74) is 0.920. The SMILES string of the molecule is COc1cc(CC(=O)CO[Si](C)(C)C)ccc1O[Si](C)(C)C. The van der Waals surface area contributed by atoms with Crippen LogP contribution in [-0.2, 0) is 15.6 Å². The molecule has 0 spiro atoms. The Morgan fingerprint density at radius 1 is 1.00 bits per heavy atom. The number of hydrogen-bond donors (Lipinski definition) is 0. The Labute approximate surface area is 136 Å². The average Bonchev–Trinajstić information content (AvgIpc) is 2.36. The summed E-state index contributed by atoms with van der Waals surface area (Å²) in [6.45, 7) is 12.8. The predicted octanol–water partition coefficient (Wildman–Crippen LogP) is 3.87. The van der Waals surface area contributed by atoms with Crippen LogP contribution in [0.4, 0.5) is 0 Å². The summed E-state index contributed by atoms with van der Waals surface area (Å²) in [6.07, 6.45) is 0.355. The lowest BCUT2D eigenvalue weighted by Gasteiger charge is -2.21. The van der Waals surface area contributed by atoms with Gasteiger partial charge in [-0.2, -0.15) is 0 Å². The number of benzene rings is 1. The largest absolute Gasteiger partial charge is 0.542 e. The van der Waals surface area contributed by atoms with Gasteiger partial charge in [0.05, 0.1) is 13.7 Å². The zero-order valence-electron chi connectivity index (χ0n) is 14.8. The van der Waals surface area contributed by atoms with Gasteiger partial charge >= 0.3 is 0 Å². The molecule has 0 saturated heterocycles. The van der Waals surface area contributed by atoms with Crippen LogP contribution < -0.4 is 9.16 Å². The van der Waals surface area contributed by atoms with E-state index in [1.165, 1.54) is 0 Å². The van der Waals surface area contributed by atoms with E-state index in [0.29, 0.717) is 12.2 Å². The highest BCUT2D eigenvalue weighted by molar-refractivity contribution is 6.70. The summed E-state index contributed by atoms with van der Waals surface area (Å²) >= 11 is 0. The monoisotopic (exact) mass is 340 g/mol. The van der Waals surface area contributed by atoms with Crippen LogP contribution in [0.3, 0.4) is 0 Å². The lowest BCUT2D eigenvalue weighted by atomic mass is 10.1. The molecule has 0 saturated carbocycles. The molecule has 0 atom stereocenters. The molecule has 4 nitrogen and oxygen atoms in total. The molecular formula is C16H28O4Si2. The third-order valence-corrected chi connectivity index (χ3v) is 4.55. The maximum absolute atomic E-state index is 12.0. The molecule has 0 aliphatic carbocycles. The second-order valence-corrected chi connectivity index (χ2v) is 16.3. The van der Waals surface area contributed by atoms with Gasteiger partial charge in [0, 0.05) is 6.42 Å². The predicted molar refractivity (Wildman–Crippen MR) is 95.0 cm³/mol. The van der Waals surface area contributed by atoms with E-state index < -0.39 is 16.6 Å². The van der Waals surface area contributed by atoms with E-state index in [0.717, 1.165) is 11.3 Å². The Balaban J connectivity index is 2.75. The van der Waals surface area contributed by atoms with Crippen LogP contribution in [0.15, 0.2) is 18.2 Å². The fourth-order valence-electron chi connectivity index (χ4n) is 1.81. The van der Waals surface area contributed by atoms with Crippen molar-refractivity contribution in [3.8, 4) is 11.5 Å². The molecule has 0 aromatic heterocycles. The summed E-state index contributed by atoms with van der Waals surface area (Å²) in [5, 5.41) is 0. The summed E-state index contributed by atoms with van der Waals surface area (Å²) in [4.78, 5) is 12.0. The molecule has 22 heavy (non-hydrogen) atoms. The van der Waals surface area contributed by atoms with Gasteiger partial charge < -0.3 is 13.6 Å². The van der Waals surface area contributed by atoms with Crippen molar-refractivity contribution in [2.75, 3.05) is 13.7 Å². The van der Waals surface area contributed by atoms with Crippen molar-refractivity contribution in [3.63, 3.8) is 0 Å². The minimum atomic E-state index is -1.69. The Bertz CT molecular complexity index is 516. The van der Waals surface area contributed by atoms with Crippen LogP contribution in [-0.4, -0.2) is 36.1 Å². The molecular weight excluding hydrogens is 312 g/mol. The first-order valence-corrected chi connectivity index (χ1v) is 14.3. The summed E-state index contributed by atoms with van der Waals surface area (Å²) in [7, 11) is -1.73. The molecule has 0 bridgehead atoms. The molecule has 0 amide bonds. The minimum Gasteiger partial charge on any atom is -0.542 e. The quantitative estimate of drug-likeness (QED) is 0.674. The second kappa shape index (κ2) is 7.43. The first kappa shape index (κ1) is 18.9. The van der Waals surface area contributed by atoms with Gasteiger partial charge in [0.1, 0.15) is 5.75 Å². The zero-order chi connectivity index (χ0) is 17.0. The van der Waals surface area contributed by atoms with Gasteiger partial charge in [0.15, 0.2) is 19.9 Å². The fraction of sp³-hybridized carbons (Fsp3) is 0.562. The van der Waals surface area contributed by atoms with E-state index in [9.17, 15) is 4.79 Å². The van der Waals surface area contributed by atoms with Crippen molar-refractivity contribution in [2.24, 2.45) is 0 Å². The van der Waals surface area contributed by atoms with Gasteiger partial charge in [-0.15, -0.1) is 0 Å². The van der Waals surface area contributed by atoms with Crippen LogP contribution in [0.5, 0.6) is 11.5 Å². The van der Waals surface area contributed by atoms with Gasteiger partial charge in [-0.1, -0.05) is 6.07 Å². The number of ketones is 1. The lowest BCUT2D eigenvalue weighted by molar-refractivity contribution is -0.120. The standard InChI is InChI=1S/C16H28O4Si2/c1-18-16-11-13(8-9-15(16)20-22(5,6)7)10-14(17)12-19-21(2,3)4/h8-9,11H,10,12H2,1-7H3. The Kier molecular flexibility index (Phi) is 6.40. The number of ether oxygens (including phenoxy) is 1. The molecule has 124 valence electrons. The summed E-state index contributed by atoms with van der Waals surface area (Å²) in [6, 6.07) is 5.69. The fourth-order valence-corrected chi connectivity index (χ4v) is 3.23. The van der Waals surface area contributed by atoms with Crippen LogP contribution >= 0.6 is 0 Å². The summed E-state index contributed by atoms with van der Waals surface area (Å²) < 4.78 is 17.0. The lowest BCUT2D eigenvalue weighted by Crippen LogP contribution is -2.29. The zero-order valence-corrected chi connectivity index (χ0v) is 16.8. The number of hydrogen-bond acceptors (Lipinski definition) is 4. The molecule has 0 heterocycles. The summed E-state index contributed by atoms with van der Waals surface area (Å²) in [5.74, 6) is 1.51. The average molecular weight is 341 g/mol. The van der Waals surface area contributed by atoms with E-state index in [1.807, 2.05) is 18.2 Å². The molecule has 0 radical (unpaired) electrons. The van der Waals surface area contributed by atoms with Gasteiger partial charge in [-0.25, -0.2) is 0 Å². The van der Waals surface area contributed by atoms with Crippen LogP contribution in [0.1, 0.15) is 5.56 Å². The molecule has 1 rings (SSSR count). The number of carbonyl (C=O) groups excluding carboxylic acids is 1. The van der Waals surface area contributed by atoms with Crippen molar-refractivity contribution in [2.45, 2.75) is 45.7 Å². The van der Waals surface area contributed by atoms with Crippen molar-refractivity contribution >= 4 is 22.4 Å². The molecule has 1 aromatic carbocycles. The second-order valence-electron chi connectivity index (χ2n) is 7.32. The third-order valence-electron chi connectivity index (χ3n) is 2.71. The van der Waals surface area contributed by atoms with E-state index >= 15 is 0 Å². The molecule has 0 N–H and O–H groups in total.